The highest BCUT2D eigenvalue weighted by molar-refractivity contribution is 5.93. The molecule has 2 N–H and O–H groups in total. The fraction of sp³-hybridized carbons (Fsp3) is 0.500. The molecule has 0 spiro atoms. The van der Waals surface area contributed by atoms with Crippen LogP contribution in [0.5, 0.6) is 0 Å². The lowest BCUT2D eigenvalue weighted by atomic mass is 9.92. The Morgan fingerprint density at radius 2 is 2.25 bits per heavy atom. The molecule has 6 heteroatoms. The minimum Gasteiger partial charge on any atom is -0.325 e. The number of nitrogens with zero attached hydrogens (tertiary/aromatic N) is 1. The summed E-state index contributed by atoms with van der Waals surface area (Å²) >= 11 is 0. The number of carbonyl (C=O) groups excluding carboxylic acids is 1. The summed E-state index contributed by atoms with van der Waals surface area (Å²) in [4.78, 5) is 22.7. The molecule has 0 aromatic heterocycles. The van der Waals surface area contributed by atoms with Crippen molar-refractivity contribution in [2.75, 3.05) is 11.9 Å². The molecule has 0 bridgehead atoms. The van der Waals surface area contributed by atoms with Crippen LogP contribution in [-0.2, 0) is 4.79 Å². The number of nitro benzene ring substituents is 1. The molecular formula is C14H19N3O3. The van der Waals surface area contributed by atoms with E-state index in [1.165, 1.54) is 6.07 Å². The molecule has 0 saturated carbocycles. The third-order valence-electron chi connectivity index (χ3n) is 3.75. The van der Waals surface area contributed by atoms with E-state index in [1.807, 2.05) is 0 Å². The summed E-state index contributed by atoms with van der Waals surface area (Å²) in [5, 5.41) is 17.0. The number of anilines is 1. The third kappa shape index (κ3) is 3.14. The average molecular weight is 277 g/mol. The molecule has 1 aromatic carbocycles. The minimum atomic E-state index is -0.433. The summed E-state index contributed by atoms with van der Waals surface area (Å²) in [5.41, 5.74) is 1.05. The lowest BCUT2D eigenvalue weighted by molar-refractivity contribution is -0.385. The topological polar surface area (TPSA) is 84.3 Å². The van der Waals surface area contributed by atoms with Crippen LogP contribution in [-0.4, -0.2) is 23.4 Å². The van der Waals surface area contributed by atoms with Crippen LogP contribution in [0.2, 0.25) is 0 Å². The number of benzene rings is 1. The molecule has 1 fully saturated rings. The van der Waals surface area contributed by atoms with Gasteiger partial charge < -0.3 is 10.6 Å². The lowest BCUT2D eigenvalue weighted by Crippen LogP contribution is -2.40. The van der Waals surface area contributed by atoms with Crippen molar-refractivity contribution in [2.45, 2.75) is 32.7 Å². The Kier molecular flexibility index (Phi) is 4.34. The summed E-state index contributed by atoms with van der Waals surface area (Å²) < 4.78 is 0. The van der Waals surface area contributed by atoms with Crippen LogP contribution in [0.4, 0.5) is 11.4 Å². The summed E-state index contributed by atoms with van der Waals surface area (Å²) in [6.45, 7) is 4.53. The number of piperidine rings is 1. The number of rotatable bonds is 3. The molecule has 108 valence electrons. The first-order valence-corrected chi connectivity index (χ1v) is 6.77. The van der Waals surface area contributed by atoms with Gasteiger partial charge in [-0.1, -0.05) is 6.07 Å². The first-order chi connectivity index (χ1) is 9.49. The maximum atomic E-state index is 12.2. The first kappa shape index (κ1) is 14.5. The van der Waals surface area contributed by atoms with Gasteiger partial charge in [0.25, 0.3) is 5.69 Å². The largest absolute Gasteiger partial charge is 0.325 e. The second kappa shape index (κ2) is 6.00. The van der Waals surface area contributed by atoms with E-state index >= 15 is 0 Å². The van der Waals surface area contributed by atoms with Crippen molar-refractivity contribution in [1.29, 1.82) is 0 Å². The Morgan fingerprint density at radius 1 is 1.50 bits per heavy atom. The molecule has 20 heavy (non-hydrogen) atoms. The maximum absolute atomic E-state index is 12.2. The molecule has 1 saturated heterocycles. The second-order valence-electron chi connectivity index (χ2n) is 5.27. The zero-order valence-electron chi connectivity index (χ0n) is 11.7. The quantitative estimate of drug-likeness (QED) is 0.655. The van der Waals surface area contributed by atoms with Gasteiger partial charge in [-0.25, -0.2) is 0 Å². The van der Waals surface area contributed by atoms with Crippen molar-refractivity contribution in [3.05, 3.63) is 33.9 Å². The predicted octanol–water partition coefficient (Wildman–Crippen LogP) is 2.23. The fourth-order valence-electron chi connectivity index (χ4n) is 2.56. The average Bonchev–Trinajstić information content (AvgIpc) is 2.40. The number of amides is 1. The smallest absolute Gasteiger partial charge is 0.274 e. The van der Waals surface area contributed by atoms with E-state index in [0.717, 1.165) is 19.4 Å². The van der Waals surface area contributed by atoms with Gasteiger partial charge in [-0.05, 0) is 39.3 Å². The van der Waals surface area contributed by atoms with Gasteiger partial charge in [-0.15, -0.1) is 0 Å². The third-order valence-corrected chi connectivity index (χ3v) is 3.75. The van der Waals surface area contributed by atoms with Crippen molar-refractivity contribution in [3.8, 4) is 0 Å². The number of nitrogens with one attached hydrogen (secondary N) is 2. The number of nitro groups is 1. The highest BCUT2D eigenvalue weighted by Crippen LogP contribution is 2.26. The van der Waals surface area contributed by atoms with Crippen molar-refractivity contribution in [2.24, 2.45) is 5.92 Å². The number of hydrogen-bond acceptors (Lipinski definition) is 4. The van der Waals surface area contributed by atoms with Crippen LogP contribution in [0, 0.1) is 23.0 Å². The van der Waals surface area contributed by atoms with Crippen LogP contribution < -0.4 is 10.6 Å². The molecular weight excluding hydrogens is 258 g/mol. The standard InChI is InChI=1S/C14H19N3O3/c1-9-8-11(6-7-15-9)14(18)16-12-4-3-5-13(10(12)2)17(19)20/h3-5,9,11,15H,6-8H2,1-2H3,(H,16,18). The van der Waals surface area contributed by atoms with E-state index in [4.69, 9.17) is 0 Å². The van der Waals surface area contributed by atoms with Crippen molar-refractivity contribution in [3.63, 3.8) is 0 Å². The summed E-state index contributed by atoms with van der Waals surface area (Å²) in [6, 6.07) is 5.06. The summed E-state index contributed by atoms with van der Waals surface area (Å²) in [7, 11) is 0. The molecule has 0 aliphatic carbocycles. The van der Waals surface area contributed by atoms with Gasteiger partial charge in [0.1, 0.15) is 0 Å². The van der Waals surface area contributed by atoms with Gasteiger partial charge in [-0.2, -0.15) is 0 Å². The zero-order chi connectivity index (χ0) is 14.7. The molecule has 1 aromatic rings. The number of carbonyl (C=O) groups is 1. The van der Waals surface area contributed by atoms with Gasteiger partial charge in [-0.3, -0.25) is 14.9 Å². The molecule has 0 radical (unpaired) electrons. The van der Waals surface area contributed by atoms with E-state index in [0.29, 0.717) is 17.3 Å². The monoisotopic (exact) mass is 277 g/mol. The van der Waals surface area contributed by atoms with Crippen LogP contribution >= 0.6 is 0 Å². The van der Waals surface area contributed by atoms with Crippen LogP contribution in [0.3, 0.4) is 0 Å². The maximum Gasteiger partial charge on any atom is 0.274 e. The highest BCUT2D eigenvalue weighted by Gasteiger charge is 2.25. The normalized spacial score (nSPS) is 22.3. The fourth-order valence-corrected chi connectivity index (χ4v) is 2.56. The van der Waals surface area contributed by atoms with E-state index in [1.54, 1.807) is 19.1 Å². The Labute approximate surface area is 117 Å². The van der Waals surface area contributed by atoms with Crippen LogP contribution in [0.25, 0.3) is 0 Å². The van der Waals surface area contributed by atoms with Gasteiger partial charge in [0, 0.05) is 18.0 Å². The Hall–Kier alpha value is -1.95. The van der Waals surface area contributed by atoms with E-state index in [-0.39, 0.29) is 17.5 Å². The Morgan fingerprint density at radius 3 is 2.90 bits per heavy atom. The van der Waals surface area contributed by atoms with Crippen molar-refractivity contribution in [1.82, 2.24) is 5.32 Å². The zero-order valence-corrected chi connectivity index (χ0v) is 11.7. The SMILES string of the molecule is Cc1c(NC(=O)C2CCNC(C)C2)cccc1[N+](=O)[O-]. The van der Waals surface area contributed by atoms with Crippen LogP contribution in [0.15, 0.2) is 18.2 Å². The van der Waals surface area contributed by atoms with Gasteiger partial charge in [0.15, 0.2) is 0 Å². The first-order valence-electron chi connectivity index (χ1n) is 6.77. The highest BCUT2D eigenvalue weighted by atomic mass is 16.6. The minimum absolute atomic E-state index is 0.0291. The molecule has 2 unspecified atom stereocenters. The number of hydrogen-bond donors (Lipinski definition) is 2. The van der Waals surface area contributed by atoms with Crippen molar-refractivity contribution < 1.29 is 9.72 Å². The summed E-state index contributed by atoms with van der Waals surface area (Å²) in [6.07, 6.45) is 1.59. The summed E-state index contributed by atoms with van der Waals surface area (Å²) in [5.74, 6) is -0.0909. The Balaban J connectivity index is 2.11. The van der Waals surface area contributed by atoms with Gasteiger partial charge >= 0.3 is 0 Å². The van der Waals surface area contributed by atoms with Gasteiger partial charge in [0.2, 0.25) is 5.91 Å². The predicted molar refractivity (Wildman–Crippen MR) is 76.7 cm³/mol. The molecule has 1 aliphatic heterocycles. The lowest BCUT2D eigenvalue weighted by Gasteiger charge is -2.27. The second-order valence-corrected chi connectivity index (χ2v) is 5.27. The molecule has 2 atom stereocenters. The van der Waals surface area contributed by atoms with Gasteiger partial charge in [0.05, 0.1) is 16.2 Å². The van der Waals surface area contributed by atoms with E-state index in [2.05, 4.69) is 17.6 Å². The Bertz CT molecular complexity index is 530. The molecule has 1 amide bonds. The van der Waals surface area contributed by atoms with Crippen LogP contribution in [0.1, 0.15) is 25.3 Å². The van der Waals surface area contributed by atoms with E-state index in [9.17, 15) is 14.9 Å². The molecule has 6 nitrogen and oxygen atoms in total. The molecule has 1 aliphatic rings. The molecule has 2 rings (SSSR count). The van der Waals surface area contributed by atoms with Crippen molar-refractivity contribution >= 4 is 17.3 Å². The molecule has 1 heterocycles. The van der Waals surface area contributed by atoms with E-state index < -0.39 is 4.92 Å².